The van der Waals surface area contributed by atoms with Crippen LogP contribution in [0.4, 0.5) is 4.79 Å². The Morgan fingerprint density at radius 1 is 1.56 bits per heavy atom. The lowest BCUT2D eigenvalue weighted by molar-refractivity contribution is 0.0843. The van der Waals surface area contributed by atoms with Crippen molar-refractivity contribution < 1.29 is 9.90 Å². The third-order valence-electron chi connectivity index (χ3n) is 2.88. The third-order valence-corrected chi connectivity index (χ3v) is 4.36. The van der Waals surface area contributed by atoms with Crippen LogP contribution in [0, 0.1) is 5.92 Å². The molecule has 1 atom stereocenters. The van der Waals surface area contributed by atoms with E-state index < -0.39 is 0 Å². The number of likely N-dealkylation sites (tertiary alicyclic amines) is 1. The Labute approximate surface area is 115 Å². The summed E-state index contributed by atoms with van der Waals surface area (Å²) in [5.74, 6) is 3.02. The zero-order valence-corrected chi connectivity index (χ0v) is 12.3. The van der Waals surface area contributed by atoms with Crippen LogP contribution in [0.3, 0.4) is 0 Å². The van der Waals surface area contributed by atoms with Gasteiger partial charge >= 0.3 is 6.03 Å². The Bertz CT molecular complexity index is 249. The molecule has 2 N–H and O–H groups in total. The maximum absolute atomic E-state index is 11.8. The molecular weight excluding hydrogens is 248 g/mol. The molecule has 0 aromatic rings. The highest BCUT2D eigenvalue weighted by Gasteiger charge is 2.21. The number of rotatable bonds is 6. The summed E-state index contributed by atoms with van der Waals surface area (Å²) in [6.07, 6.45) is 2.39. The molecule has 18 heavy (non-hydrogen) atoms. The number of thioether (sulfide) groups is 1. The van der Waals surface area contributed by atoms with Crippen molar-refractivity contribution in [2.75, 3.05) is 31.1 Å². The summed E-state index contributed by atoms with van der Waals surface area (Å²) in [4.78, 5) is 13.5. The summed E-state index contributed by atoms with van der Waals surface area (Å²) in [6.45, 7) is 6.42. The van der Waals surface area contributed by atoms with Crippen molar-refractivity contribution in [3.8, 4) is 0 Å². The smallest absolute Gasteiger partial charge is 0.317 e. The number of amides is 2. The molecule has 1 aliphatic heterocycles. The van der Waals surface area contributed by atoms with Crippen molar-refractivity contribution in [3.63, 3.8) is 0 Å². The number of aliphatic hydroxyl groups excluding tert-OH is 1. The van der Waals surface area contributed by atoms with Crippen LogP contribution in [0.2, 0.25) is 0 Å². The summed E-state index contributed by atoms with van der Waals surface area (Å²) in [5, 5.41) is 12.4. The molecule has 106 valence electrons. The van der Waals surface area contributed by atoms with E-state index in [-0.39, 0.29) is 12.1 Å². The van der Waals surface area contributed by atoms with Crippen LogP contribution >= 0.6 is 11.8 Å². The minimum atomic E-state index is -0.342. The van der Waals surface area contributed by atoms with Gasteiger partial charge in [0.05, 0.1) is 6.10 Å². The number of urea groups is 1. The maximum Gasteiger partial charge on any atom is 0.317 e. The van der Waals surface area contributed by atoms with Crippen LogP contribution in [0.1, 0.15) is 33.1 Å². The fourth-order valence-corrected chi connectivity index (χ4v) is 2.93. The van der Waals surface area contributed by atoms with Crippen molar-refractivity contribution >= 4 is 17.8 Å². The van der Waals surface area contributed by atoms with E-state index in [2.05, 4.69) is 19.2 Å². The average molecular weight is 274 g/mol. The molecule has 0 spiro atoms. The summed E-state index contributed by atoms with van der Waals surface area (Å²) in [5.41, 5.74) is 0. The Morgan fingerprint density at radius 3 is 3.00 bits per heavy atom. The summed E-state index contributed by atoms with van der Waals surface area (Å²) in [6, 6.07) is -0.0254. The largest absolute Gasteiger partial charge is 0.391 e. The molecule has 4 nitrogen and oxygen atoms in total. The van der Waals surface area contributed by atoms with E-state index in [4.69, 9.17) is 0 Å². The minimum Gasteiger partial charge on any atom is -0.391 e. The molecule has 0 radical (unpaired) electrons. The van der Waals surface area contributed by atoms with Gasteiger partial charge in [0, 0.05) is 19.6 Å². The number of carbonyl (C=O) groups excluding carboxylic acids is 1. The van der Waals surface area contributed by atoms with Crippen molar-refractivity contribution in [1.82, 2.24) is 10.2 Å². The van der Waals surface area contributed by atoms with Crippen LogP contribution in [-0.4, -0.2) is 53.3 Å². The molecule has 0 aromatic heterocycles. The minimum absolute atomic E-state index is 0.0254. The Hall–Kier alpha value is -0.420. The predicted octanol–water partition coefficient (Wildman–Crippen LogP) is 1.93. The lowest BCUT2D eigenvalue weighted by atomic mass is 10.1. The number of β-amino-alcohol motifs (C(OH)–C–C–N with tert-alkyl or cyclic N) is 1. The summed E-state index contributed by atoms with van der Waals surface area (Å²) < 4.78 is 0. The molecule has 1 aliphatic rings. The van der Waals surface area contributed by atoms with E-state index >= 15 is 0 Å². The van der Waals surface area contributed by atoms with E-state index in [1.165, 1.54) is 5.75 Å². The van der Waals surface area contributed by atoms with Gasteiger partial charge in [0.25, 0.3) is 0 Å². The molecule has 0 saturated carbocycles. The number of hydrogen-bond donors (Lipinski definition) is 2. The second kappa shape index (κ2) is 8.64. The van der Waals surface area contributed by atoms with E-state index in [1.807, 2.05) is 11.8 Å². The van der Waals surface area contributed by atoms with Gasteiger partial charge in [0.2, 0.25) is 0 Å². The molecule has 0 aliphatic carbocycles. The van der Waals surface area contributed by atoms with Crippen molar-refractivity contribution in [2.24, 2.45) is 5.92 Å². The van der Waals surface area contributed by atoms with Gasteiger partial charge in [-0.25, -0.2) is 4.79 Å². The van der Waals surface area contributed by atoms with Gasteiger partial charge in [0.1, 0.15) is 0 Å². The molecule has 1 rings (SSSR count). The number of nitrogens with zero attached hydrogens (tertiary/aromatic N) is 1. The molecular formula is C13H26N2O2S. The Morgan fingerprint density at radius 2 is 2.33 bits per heavy atom. The summed E-state index contributed by atoms with van der Waals surface area (Å²) in [7, 11) is 0. The molecule has 1 saturated heterocycles. The standard InChI is InChI=1S/C13H26N2O2S/c1-11(2)10-18-8-4-6-14-13(17)15-7-3-5-12(16)9-15/h11-12,16H,3-10H2,1-2H3,(H,14,17). The SMILES string of the molecule is CC(C)CSCCCNC(=O)N1CCCC(O)C1. The molecule has 1 fully saturated rings. The lowest BCUT2D eigenvalue weighted by Gasteiger charge is -2.30. The first-order valence-electron chi connectivity index (χ1n) is 6.88. The normalized spacial score (nSPS) is 20.2. The second-order valence-electron chi connectivity index (χ2n) is 5.30. The molecule has 1 unspecified atom stereocenters. The molecule has 0 aromatic carbocycles. The van der Waals surface area contributed by atoms with Crippen LogP contribution in [0.5, 0.6) is 0 Å². The Kier molecular flexibility index (Phi) is 7.51. The van der Waals surface area contributed by atoms with E-state index in [1.54, 1.807) is 4.90 Å². The van der Waals surface area contributed by atoms with Crippen molar-refractivity contribution in [3.05, 3.63) is 0 Å². The van der Waals surface area contributed by atoms with Crippen LogP contribution in [-0.2, 0) is 0 Å². The maximum atomic E-state index is 11.8. The zero-order valence-electron chi connectivity index (χ0n) is 11.5. The van der Waals surface area contributed by atoms with Gasteiger partial charge in [-0.05, 0) is 36.7 Å². The fraction of sp³-hybridized carbons (Fsp3) is 0.923. The van der Waals surface area contributed by atoms with Gasteiger partial charge in [-0.1, -0.05) is 13.8 Å². The monoisotopic (exact) mass is 274 g/mol. The van der Waals surface area contributed by atoms with Gasteiger partial charge in [-0.15, -0.1) is 0 Å². The van der Waals surface area contributed by atoms with E-state index in [0.717, 1.165) is 44.0 Å². The molecule has 5 heteroatoms. The number of nitrogens with one attached hydrogen (secondary N) is 1. The fourth-order valence-electron chi connectivity index (χ4n) is 1.94. The quantitative estimate of drug-likeness (QED) is 0.728. The highest BCUT2D eigenvalue weighted by Crippen LogP contribution is 2.10. The lowest BCUT2D eigenvalue weighted by Crippen LogP contribution is -2.47. The highest BCUT2D eigenvalue weighted by atomic mass is 32.2. The van der Waals surface area contributed by atoms with Gasteiger partial charge < -0.3 is 15.3 Å². The number of aliphatic hydroxyl groups is 1. The third kappa shape index (κ3) is 6.50. The first-order chi connectivity index (χ1) is 8.59. The molecule has 1 heterocycles. The number of carbonyl (C=O) groups is 1. The van der Waals surface area contributed by atoms with Gasteiger partial charge in [0.15, 0.2) is 0 Å². The molecule has 2 amide bonds. The first kappa shape index (κ1) is 15.6. The average Bonchev–Trinajstić information content (AvgIpc) is 2.33. The van der Waals surface area contributed by atoms with Gasteiger partial charge in [-0.3, -0.25) is 0 Å². The predicted molar refractivity (Wildman–Crippen MR) is 77.0 cm³/mol. The number of hydrogen-bond acceptors (Lipinski definition) is 3. The van der Waals surface area contributed by atoms with Crippen LogP contribution in [0.15, 0.2) is 0 Å². The Balaban J connectivity index is 2.02. The summed E-state index contributed by atoms with van der Waals surface area (Å²) >= 11 is 1.94. The van der Waals surface area contributed by atoms with E-state index in [9.17, 15) is 9.90 Å². The van der Waals surface area contributed by atoms with Gasteiger partial charge in [-0.2, -0.15) is 11.8 Å². The van der Waals surface area contributed by atoms with Crippen molar-refractivity contribution in [1.29, 1.82) is 0 Å². The van der Waals surface area contributed by atoms with Crippen LogP contribution < -0.4 is 5.32 Å². The zero-order chi connectivity index (χ0) is 13.4. The van der Waals surface area contributed by atoms with Crippen molar-refractivity contribution in [2.45, 2.75) is 39.2 Å². The molecule has 0 bridgehead atoms. The number of piperidine rings is 1. The van der Waals surface area contributed by atoms with E-state index in [0.29, 0.717) is 6.54 Å². The highest BCUT2D eigenvalue weighted by molar-refractivity contribution is 7.99. The first-order valence-corrected chi connectivity index (χ1v) is 8.03. The van der Waals surface area contributed by atoms with Crippen LogP contribution in [0.25, 0.3) is 0 Å². The second-order valence-corrected chi connectivity index (χ2v) is 6.45. The topological polar surface area (TPSA) is 52.6 Å².